The molecule has 3 unspecified atom stereocenters. The summed E-state index contributed by atoms with van der Waals surface area (Å²) in [4.78, 5) is 56.8. The van der Waals surface area contributed by atoms with Gasteiger partial charge in [0.1, 0.15) is 29.4 Å². The van der Waals surface area contributed by atoms with Crippen LogP contribution in [0.3, 0.4) is 0 Å². The van der Waals surface area contributed by atoms with Crippen LogP contribution in [-0.2, 0) is 38.6 Å². The second kappa shape index (κ2) is 15.8. The Morgan fingerprint density at radius 1 is 0.840 bits per heavy atom. The molecule has 4 atom stereocenters. The van der Waals surface area contributed by atoms with Crippen LogP contribution in [0, 0.1) is 5.82 Å². The molecule has 10 nitrogen and oxygen atoms in total. The summed E-state index contributed by atoms with van der Waals surface area (Å²) in [6, 6.07) is 26.4. The van der Waals surface area contributed by atoms with E-state index in [1.165, 1.54) is 6.07 Å². The minimum Gasteiger partial charge on any atom is -0.457 e. The summed E-state index contributed by atoms with van der Waals surface area (Å²) in [6.45, 7) is 0.405. The average molecular weight is 678 g/mol. The summed E-state index contributed by atoms with van der Waals surface area (Å²) in [6.07, 6.45) is 1.45. The standard InChI is InChI=1S/C39H40FN5O5/c40-31-13-5-4-11-28(31)24-42-38(48)33-22-25-15-17-29(18-16-25)50-30-12-6-8-26(20-30)21-32(41)37(47)43-34(39(49)44-33)23-36(46)45-19-7-14-35(45)27-9-2-1-3-10-27/h1-6,8-13,15-18,20,32-35H,7,14,19,21-24,41H2,(H,42,48)(H,43,47)(H,44,49)/t32?,33?,34?,35-/m1/s1. The van der Waals surface area contributed by atoms with Crippen molar-refractivity contribution in [3.8, 4) is 11.5 Å². The number of carbonyl (C=O) groups excluding carboxylic acids is 4. The summed E-state index contributed by atoms with van der Waals surface area (Å²) < 4.78 is 20.4. The lowest BCUT2D eigenvalue weighted by Gasteiger charge is -2.28. The number of nitrogens with one attached hydrogen (secondary N) is 3. The summed E-state index contributed by atoms with van der Waals surface area (Å²) in [5.41, 5.74) is 9.08. The highest BCUT2D eigenvalue weighted by molar-refractivity contribution is 5.96. The van der Waals surface area contributed by atoms with Crippen LogP contribution in [0.4, 0.5) is 4.39 Å². The molecule has 4 amide bonds. The minimum atomic E-state index is -1.33. The molecule has 0 spiro atoms. The number of ether oxygens (including phenoxy) is 1. The number of benzene rings is 4. The quantitative estimate of drug-likeness (QED) is 0.242. The lowest BCUT2D eigenvalue weighted by molar-refractivity contribution is -0.137. The maximum absolute atomic E-state index is 14.4. The van der Waals surface area contributed by atoms with E-state index in [2.05, 4.69) is 16.0 Å². The highest BCUT2D eigenvalue weighted by Gasteiger charge is 2.35. The van der Waals surface area contributed by atoms with Crippen molar-refractivity contribution in [2.75, 3.05) is 6.54 Å². The first-order chi connectivity index (χ1) is 24.2. The SMILES string of the molecule is NC1Cc2cccc(c2)Oc2ccc(cc2)CC(C(=O)NCc2ccccc2F)NC(=O)C(CC(=O)N2CCC[C@@H]2c2ccccc2)NC1=O. The third kappa shape index (κ3) is 8.53. The van der Waals surface area contributed by atoms with Crippen molar-refractivity contribution in [1.82, 2.24) is 20.9 Å². The van der Waals surface area contributed by atoms with Gasteiger partial charge in [0.05, 0.1) is 18.5 Å². The van der Waals surface area contributed by atoms with E-state index in [1.807, 2.05) is 36.4 Å². The zero-order valence-electron chi connectivity index (χ0n) is 27.5. The topological polar surface area (TPSA) is 143 Å². The van der Waals surface area contributed by atoms with Crippen LogP contribution in [0.1, 0.15) is 47.6 Å². The molecule has 7 rings (SSSR count). The summed E-state index contributed by atoms with van der Waals surface area (Å²) in [7, 11) is 0. The number of likely N-dealkylation sites (tertiary alicyclic amines) is 1. The van der Waals surface area contributed by atoms with E-state index >= 15 is 0 Å². The van der Waals surface area contributed by atoms with E-state index in [4.69, 9.17) is 10.5 Å². The Labute approximate surface area is 290 Å². The molecule has 0 aliphatic carbocycles. The van der Waals surface area contributed by atoms with Gasteiger partial charge in [-0.05, 0) is 66.3 Å². The van der Waals surface area contributed by atoms with Gasteiger partial charge in [0.25, 0.3) is 0 Å². The molecular formula is C39H40FN5O5. The van der Waals surface area contributed by atoms with Gasteiger partial charge in [0.2, 0.25) is 23.6 Å². The van der Waals surface area contributed by atoms with Gasteiger partial charge in [-0.15, -0.1) is 0 Å². The fourth-order valence-corrected chi connectivity index (χ4v) is 6.44. The second-order valence-corrected chi connectivity index (χ2v) is 12.7. The highest BCUT2D eigenvalue weighted by atomic mass is 19.1. The van der Waals surface area contributed by atoms with Crippen LogP contribution in [0.5, 0.6) is 11.5 Å². The first kappa shape index (κ1) is 34.3. The monoisotopic (exact) mass is 677 g/mol. The average Bonchev–Trinajstić information content (AvgIpc) is 3.62. The van der Waals surface area contributed by atoms with Gasteiger partial charge >= 0.3 is 0 Å². The number of nitrogens with two attached hydrogens (primary N) is 1. The van der Waals surface area contributed by atoms with Crippen molar-refractivity contribution in [2.45, 2.75) is 62.8 Å². The Hall–Kier alpha value is -5.55. The third-order valence-electron chi connectivity index (χ3n) is 9.10. The number of carbonyl (C=O) groups is 4. The minimum absolute atomic E-state index is 0.0704. The van der Waals surface area contributed by atoms with Crippen molar-refractivity contribution < 1.29 is 28.3 Å². The zero-order valence-corrected chi connectivity index (χ0v) is 27.5. The number of nitrogens with zero attached hydrogens (tertiary/aromatic N) is 1. The Morgan fingerprint density at radius 3 is 2.38 bits per heavy atom. The largest absolute Gasteiger partial charge is 0.457 e. The summed E-state index contributed by atoms with van der Waals surface area (Å²) in [5.74, 6) is -1.58. The number of hydrogen-bond acceptors (Lipinski definition) is 6. The van der Waals surface area contributed by atoms with Crippen molar-refractivity contribution in [1.29, 1.82) is 0 Å². The van der Waals surface area contributed by atoms with Crippen LogP contribution in [0.2, 0.25) is 0 Å². The molecule has 4 aromatic carbocycles. The van der Waals surface area contributed by atoms with Crippen LogP contribution in [-0.4, -0.2) is 53.2 Å². The first-order valence-electron chi connectivity index (χ1n) is 16.8. The Balaban J connectivity index is 1.29. The molecule has 3 aliphatic heterocycles. The van der Waals surface area contributed by atoms with Crippen LogP contribution in [0.25, 0.3) is 0 Å². The molecule has 0 aromatic heterocycles. The molecule has 0 saturated carbocycles. The second-order valence-electron chi connectivity index (χ2n) is 12.7. The molecule has 1 fully saturated rings. The molecule has 5 N–H and O–H groups in total. The molecular weight excluding hydrogens is 637 g/mol. The van der Waals surface area contributed by atoms with Crippen molar-refractivity contribution in [3.63, 3.8) is 0 Å². The van der Waals surface area contributed by atoms with E-state index in [9.17, 15) is 23.6 Å². The van der Waals surface area contributed by atoms with Gasteiger partial charge in [-0.2, -0.15) is 0 Å². The predicted octanol–water partition coefficient (Wildman–Crippen LogP) is 4.08. The fourth-order valence-electron chi connectivity index (χ4n) is 6.44. The van der Waals surface area contributed by atoms with Crippen LogP contribution >= 0.6 is 0 Å². The first-order valence-corrected chi connectivity index (χ1v) is 16.8. The number of fused-ring (bicyclic) bond motifs is 10. The van der Waals surface area contributed by atoms with Gasteiger partial charge in [-0.1, -0.05) is 72.8 Å². The van der Waals surface area contributed by atoms with Crippen molar-refractivity contribution in [2.24, 2.45) is 5.73 Å². The molecule has 3 aliphatic rings. The van der Waals surface area contributed by atoms with Gasteiger partial charge in [-0.3, -0.25) is 19.2 Å². The number of hydrogen-bond donors (Lipinski definition) is 4. The Bertz CT molecular complexity index is 1840. The van der Waals surface area contributed by atoms with Crippen molar-refractivity contribution in [3.05, 3.63) is 131 Å². The Kier molecular flexibility index (Phi) is 10.8. The molecule has 1 saturated heterocycles. The fraction of sp³-hybridized carbons (Fsp3) is 0.282. The van der Waals surface area contributed by atoms with E-state index in [1.54, 1.807) is 65.6 Å². The highest BCUT2D eigenvalue weighted by Crippen LogP contribution is 2.32. The Morgan fingerprint density at radius 2 is 1.60 bits per heavy atom. The lowest BCUT2D eigenvalue weighted by atomic mass is 10.0. The molecule has 258 valence electrons. The maximum atomic E-state index is 14.4. The zero-order chi connectivity index (χ0) is 35.0. The molecule has 4 aromatic rings. The predicted molar refractivity (Wildman–Crippen MR) is 185 cm³/mol. The van der Waals surface area contributed by atoms with Crippen LogP contribution in [0.15, 0.2) is 103 Å². The number of halogens is 1. The number of rotatable bonds is 6. The van der Waals surface area contributed by atoms with Crippen molar-refractivity contribution >= 4 is 23.6 Å². The van der Waals surface area contributed by atoms with Crippen LogP contribution < -0.4 is 26.4 Å². The van der Waals surface area contributed by atoms with E-state index in [-0.39, 0.29) is 43.3 Å². The van der Waals surface area contributed by atoms with E-state index in [0.29, 0.717) is 23.6 Å². The molecule has 11 heteroatoms. The summed E-state index contributed by atoms with van der Waals surface area (Å²) >= 11 is 0. The van der Waals surface area contributed by atoms with Gasteiger partial charge in [-0.25, -0.2) is 4.39 Å². The molecule has 3 heterocycles. The van der Waals surface area contributed by atoms with E-state index < -0.39 is 41.7 Å². The van der Waals surface area contributed by atoms with Gasteiger partial charge < -0.3 is 31.3 Å². The van der Waals surface area contributed by atoms with Gasteiger partial charge in [0.15, 0.2) is 0 Å². The van der Waals surface area contributed by atoms with Gasteiger partial charge in [0, 0.05) is 25.1 Å². The molecule has 0 radical (unpaired) electrons. The van der Waals surface area contributed by atoms with E-state index in [0.717, 1.165) is 24.0 Å². The number of amides is 4. The third-order valence-corrected chi connectivity index (χ3v) is 9.10. The normalized spacial score (nSPS) is 21.0. The molecule has 50 heavy (non-hydrogen) atoms. The summed E-state index contributed by atoms with van der Waals surface area (Å²) in [5, 5.41) is 8.21. The maximum Gasteiger partial charge on any atom is 0.243 e. The molecule has 4 bridgehead atoms. The lowest BCUT2D eigenvalue weighted by Crippen LogP contribution is -2.57. The smallest absolute Gasteiger partial charge is 0.243 e.